The third kappa shape index (κ3) is 18.5. The third-order valence-corrected chi connectivity index (χ3v) is 10.3. The zero-order valence-corrected chi connectivity index (χ0v) is 35.6. The molecule has 3 unspecified atom stereocenters. The standard InChI is InChI=1S/C24H32N2O2.C19H24N2.2C2HF3O2/c1-24(2,3)28-23(27)21-15-17-26(22(21)25)16-14-20(18-10-6-4-7-11-18)19-12-8-5-9-13-19;20-18-11-13-21(15-18)14-12-19(16-7-3-1-4-8-16)17-9-5-2-6-10-17;2*3-2(4,5)1(6)7/h4-13,20-22H,14-17,25H2,1-3H3;1-10,18-19H,11-15,20H2;2*(H,6,7). The molecule has 4 aromatic rings. The summed E-state index contributed by atoms with van der Waals surface area (Å²) in [6.07, 6.45) is -6.43. The molecular formula is C47H58F6N4O6. The van der Waals surface area contributed by atoms with Crippen LogP contribution < -0.4 is 11.5 Å². The van der Waals surface area contributed by atoms with Crippen molar-refractivity contribution in [3.63, 3.8) is 0 Å². The number of carboxylic acid groups (broad SMARTS) is 2. The number of halogens is 6. The van der Waals surface area contributed by atoms with Crippen LogP contribution in [0.15, 0.2) is 121 Å². The van der Waals surface area contributed by atoms with Gasteiger partial charge in [-0.3, -0.25) is 9.69 Å². The molecule has 3 atom stereocenters. The molecule has 6 rings (SSSR count). The highest BCUT2D eigenvalue weighted by Gasteiger charge is 2.40. The SMILES string of the molecule is CC(C)(C)OC(=O)C1CCN(CCC(c2ccccc2)c2ccccc2)C1N.NC1CCN(CCC(c2ccccc2)c2ccccc2)C1.O=C(O)C(F)(F)F.O=C(O)C(F)(F)F. The van der Waals surface area contributed by atoms with Gasteiger partial charge in [0.2, 0.25) is 0 Å². The summed E-state index contributed by atoms with van der Waals surface area (Å²) >= 11 is 0. The second-order valence-electron chi connectivity index (χ2n) is 16.2. The molecule has 6 N–H and O–H groups in total. The van der Waals surface area contributed by atoms with E-state index in [-0.39, 0.29) is 18.1 Å². The van der Waals surface area contributed by atoms with Crippen LogP contribution in [0.3, 0.4) is 0 Å². The van der Waals surface area contributed by atoms with Crippen LogP contribution in [-0.4, -0.2) is 101 Å². The average Bonchev–Trinajstić information content (AvgIpc) is 3.83. The lowest BCUT2D eigenvalue weighted by atomic mass is 9.88. The highest BCUT2D eigenvalue weighted by atomic mass is 19.4. The Kier molecular flexibility index (Phi) is 20.3. The van der Waals surface area contributed by atoms with Crippen LogP contribution in [0.4, 0.5) is 26.3 Å². The molecule has 2 heterocycles. The van der Waals surface area contributed by atoms with Crippen molar-refractivity contribution in [2.75, 3.05) is 32.7 Å². The number of ether oxygens (including phenoxy) is 1. The van der Waals surface area contributed by atoms with E-state index in [4.69, 9.17) is 36.0 Å². The van der Waals surface area contributed by atoms with Crippen LogP contribution in [0, 0.1) is 5.92 Å². The number of alkyl halides is 6. The normalized spacial score (nSPS) is 18.0. The zero-order chi connectivity index (χ0) is 46.8. The van der Waals surface area contributed by atoms with Crippen LogP contribution in [-0.2, 0) is 19.1 Å². The molecule has 2 aliphatic heterocycles. The van der Waals surface area contributed by atoms with E-state index in [9.17, 15) is 31.1 Å². The fraction of sp³-hybridized carbons (Fsp3) is 0.426. The first-order valence-electron chi connectivity index (χ1n) is 20.6. The van der Waals surface area contributed by atoms with E-state index in [1.54, 1.807) is 0 Å². The number of benzene rings is 4. The maximum absolute atomic E-state index is 12.5. The lowest BCUT2D eigenvalue weighted by molar-refractivity contribution is -0.193. The number of rotatable bonds is 11. The molecule has 16 heteroatoms. The topological polar surface area (TPSA) is 159 Å². The van der Waals surface area contributed by atoms with Crippen molar-refractivity contribution in [1.29, 1.82) is 0 Å². The molecule has 2 saturated heterocycles. The van der Waals surface area contributed by atoms with Gasteiger partial charge < -0.3 is 31.3 Å². The summed E-state index contributed by atoms with van der Waals surface area (Å²) in [6, 6.07) is 43.3. The molecule has 2 fully saturated rings. The predicted octanol–water partition coefficient (Wildman–Crippen LogP) is 8.67. The molecular weight excluding hydrogens is 831 g/mol. The van der Waals surface area contributed by atoms with Gasteiger partial charge in [-0.2, -0.15) is 26.3 Å². The molecule has 2 aliphatic rings. The minimum atomic E-state index is -5.08. The van der Waals surface area contributed by atoms with Gasteiger partial charge in [0.25, 0.3) is 0 Å². The molecule has 0 spiro atoms. The van der Waals surface area contributed by atoms with Gasteiger partial charge in [-0.05, 0) is 81.8 Å². The maximum Gasteiger partial charge on any atom is 0.490 e. The van der Waals surface area contributed by atoms with Gasteiger partial charge >= 0.3 is 30.3 Å². The van der Waals surface area contributed by atoms with E-state index >= 15 is 0 Å². The van der Waals surface area contributed by atoms with Crippen LogP contribution in [0.2, 0.25) is 0 Å². The summed E-state index contributed by atoms with van der Waals surface area (Å²) in [6.45, 7) is 10.7. The van der Waals surface area contributed by atoms with Crippen molar-refractivity contribution >= 4 is 17.9 Å². The summed E-state index contributed by atoms with van der Waals surface area (Å²) in [5.41, 5.74) is 17.4. The first kappa shape index (κ1) is 52.1. The van der Waals surface area contributed by atoms with Crippen LogP contribution in [0.25, 0.3) is 0 Å². The van der Waals surface area contributed by atoms with Crippen LogP contribution in [0.1, 0.15) is 80.5 Å². The van der Waals surface area contributed by atoms with E-state index < -0.39 is 29.9 Å². The molecule has 344 valence electrons. The lowest BCUT2D eigenvalue weighted by Gasteiger charge is -2.28. The van der Waals surface area contributed by atoms with Crippen molar-refractivity contribution in [3.05, 3.63) is 144 Å². The van der Waals surface area contributed by atoms with E-state index in [1.807, 2.05) is 32.9 Å². The van der Waals surface area contributed by atoms with E-state index in [2.05, 4.69) is 119 Å². The number of carbonyl (C=O) groups is 3. The molecule has 0 saturated carbocycles. The van der Waals surface area contributed by atoms with Gasteiger partial charge in [0, 0.05) is 37.5 Å². The van der Waals surface area contributed by atoms with E-state index in [1.165, 1.54) is 22.3 Å². The Morgan fingerprint density at radius 2 is 0.968 bits per heavy atom. The predicted molar refractivity (Wildman–Crippen MR) is 229 cm³/mol. The maximum atomic E-state index is 12.5. The molecule has 4 aromatic carbocycles. The number of carbonyl (C=O) groups excluding carboxylic acids is 1. The Morgan fingerprint density at radius 1 is 0.619 bits per heavy atom. The fourth-order valence-corrected chi connectivity index (χ4v) is 7.24. The third-order valence-electron chi connectivity index (χ3n) is 10.3. The Labute approximate surface area is 364 Å². The number of nitrogens with two attached hydrogens (primary N) is 2. The smallest absolute Gasteiger partial charge is 0.475 e. The van der Waals surface area contributed by atoms with Gasteiger partial charge in [0.15, 0.2) is 0 Å². The Hall–Kier alpha value is -5.29. The molecule has 0 radical (unpaired) electrons. The Bertz CT molecular complexity index is 1850. The summed E-state index contributed by atoms with van der Waals surface area (Å²) in [5.74, 6) is -5.14. The first-order chi connectivity index (χ1) is 29.6. The average molecular weight is 889 g/mol. The van der Waals surface area contributed by atoms with Gasteiger partial charge in [-0.25, -0.2) is 9.59 Å². The highest BCUT2D eigenvalue weighted by Crippen LogP contribution is 2.31. The van der Waals surface area contributed by atoms with Gasteiger partial charge in [0.05, 0.1) is 12.1 Å². The van der Waals surface area contributed by atoms with Crippen molar-refractivity contribution in [2.45, 2.75) is 88.5 Å². The van der Waals surface area contributed by atoms with Crippen molar-refractivity contribution in [1.82, 2.24) is 9.80 Å². The summed E-state index contributed by atoms with van der Waals surface area (Å²) in [4.78, 5) is 35.0. The molecule has 0 aromatic heterocycles. The highest BCUT2D eigenvalue weighted by molar-refractivity contribution is 5.74. The number of esters is 1. The molecule has 0 amide bonds. The van der Waals surface area contributed by atoms with Gasteiger partial charge in [-0.1, -0.05) is 121 Å². The Balaban J connectivity index is 0.000000263. The zero-order valence-electron chi connectivity index (χ0n) is 35.6. The molecule has 10 nitrogen and oxygen atoms in total. The summed E-state index contributed by atoms with van der Waals surface area (Å²) < 4.78 is 69.0. The Morgan fingerprint density at radius 3 is 1.27 bits per heavy atom. The van der Waals surface area contributed by atoms with Gasteiger partial charge in [-0.15, -0.1) is 0 Å². The first-order valence-corrected chi connectivity index (χ1v) is 20.6. The minimum Gasteiger partial charge on any atom is -0.475 e. The van der Waals surface area contributed by atoms with Gasteiger partial charge in [0.1, 0.15) is 5.60 Å². The largest absolute Gasteiger partial charge is 0.490 e. The second-order valence-corrected chi connectivity index (χ2v) is 16.2. The number of hydrogen-bond donors (Lipinski definition) is 4. The van der Waals surface area contributed by atoms with E-state index in [0.29, 0.717) is 17.9 Å². The summed E-state index contributed by atoms with van der Waals surface area (Å²) in [5, 5.41) is 14.2. The number of aliphatic carboxylic acids is 2. The van der Waals surface area contributed by atoms with Crippen molar-refractivity contribution in [2.24, 2.45) is 17.4 Å². The molecule has 0 aliphatic carbocycles. The monoisotopic (exact) mass is 888 g/mol. The molecule has 63 heavy (non-hydrogen) atoms. The minimum absolute atomic E-state index is 0.176. The number of nitrogens with zero attached hydrogens (tertiary/aromatic N) is 2. The van der Waals surface area contributed by atoms with Crippen molar-refractivity contribution in [3.8, 4) is 0 Å². The summed E-state index contributed by atoms with van der Waals surface area (Å²) in [7, 11) is 0. The van der Waals surface area contributed by atoms with Crippen LogP contribution >= 0.6 is 0 Å². The van der Waals surface area contributed by atoms with Crippen LogP contribution in [0.5, 0.6) is 0 Å². The molecule has 0 bridgehead atoms. The lowest BCUT2D eigenvalue weighted by Crippen LogP contribution is -2.44. The number of hydrogen-bond acceptors (Lipinski definition) is 8. The fourth-order valence-electron chi connectivity index (χ4n) is 7.24. The quantitative estimate of drug-likeness (QED) is 0.0848. The number of likely N-dealkylation sites (tertiary alicyclic amines) is 2. The van der Waals surface area contributed by atoms with E-state index in [0.717, 1.165) is 58.4 Å². The number of carboxylic acids is 2. The van der Waals surface area contributed by atoms with Crippen molar-refractivity contribution < 1.29 is 55.7 Å². The second kappa shape index (κ2) is 24.5.